The average molecular weight is 543 g/mol. The first-order chi connectivity index (χ1) is 17.8. The van der Waals surface area contributed by atoms with Crippen LogP contribution in [-0.2, 0) is 20.9 Å². The van der Waals surface area contributed by atoms with Crippen molar-refractivity contribution in [3.63, 3.8) is 0 Å². The van der Waals surface area contributed by atoms with E-state index in [1.54, 1.807) is 16.2 Å². The summed E-state index contributed by atoms with van der Waals surface area (Å²) in [6, 6.07) is 4.76. The van der Waals surface area contributed by atoms with Crippen LogP contribution in [-0.4, -0.2) is 51.9 Å². The summed E-state index contributed by atoms with van der Waals surface area (Å²) in [6.45, 7) is 12.6. The Labute approximate surface area is 228 Å². The van der Waals surface area contributed by atoms with Crippen LogP contribution in [0.25, 0.3) is 10.4 Å². The monoisotopic (exact) mass is 542 g/mol. The lowest BCUT2D eigenvalue weighted by atomic mass is 9.85. The normalized spacial score (nSPS) is 19.4. The molecule has 2 atom stereocenters. The van der Waals surface area contributed by atoms with Crippen molar-refractivity contribution in [2.75, 3.05) is 6.54 Å². The lowest BCUT2D eigenvalue weighted by Crippen LogP contribution is -2.58. The Kier molecular flexibility index (Phi) is 7.98. The number of alkyl halides is 1. The Morgan fingerprint density at radius 3 is 2.53 bits per heavy atom. The van der Waals surface area contributed by atoms with Crippen LogP contribution in [0.1, 0.15) is 83.0 Å². The van der Waals surface area contributed by atoms with Crippen molar-refractivity contribution < 1.29 is 18.8 Å². The maximum atomic E-state index is 14.4. The highest BCUT2D eigenvalue weighted by Gasteiger charge is 2.53. The van der Waals surface area contributed by atoms with E-state index in [0.717, 1.165) is 27.3 Å². The van der Waals surface area contributed by atoms with Crippen molar-refractivity contribution >= 4 is 29.1 Å². The molecule has 2 fully saturated rings. The number of amides is 3. The summed E-state index contributed by atoms with van der Waals surface area (Å²) in [5.41, 5.74) is 3.66. The summed E-state index contributed by atoms with van der Waals surface area (Å²) in [7, 11) is 0. The Hall–Kier alpha value is -2.81. The van der Waals surface area contributed by atoms with Crippen molar-refractivity contribution in [3.8, 4) is 10.4 Å². The van der Waals surface area contributed by atoms with Gasteiger partial charge in [-0.15, -0.1) is 11.3 Å². The van der Waals surface area contributed by atoms with E-state index < -0.39 is 29.1 Å². The maximum Gasteiger partial charge on any atom is 0.258 e. The molecule has 1 aliphatic carbocycles. The average Bonchev–Trinajstić information content (AvgIpc) is 3.23. The zero-order valence-corrected chi connectivity index (χ0v) is 24.0. The van der Waals surface area contributed by atoms with E-state index in [1.807, 2.05) is 33.2 Å². The molecular weight excluding hydrogens is 503 g/mol. The molecule has 4 rings (SSSR count). The number of thiazole rings is 1. The molecule has 7 nitrogen and oxygen atoms in total. The predicted molar refractivity (Wildman–Crippen MR) is 147 cm³/mol. The molecule has 0 unspecified atom stereocenters. The molecule has 2 aromatic rings. The third kappa shape index (κ3) is 5.92. The minimum Gasteiger partial charge on any atom is -0.350 e. The van der Waals surface area contributed by atoms with Gasteiger partial charge in [0, 0.05) is 13.1 Å². The molecule has 1 saturated heterocycles. The second kappa shape index (κ2) is 10.8. The molecule has 38 heavy (non-hydrogen) atoms. The van der Waals surface area contributed by atoms with E-state index in [9.17, 15) is 18.8 Å². The number of carbonyl (C=O) groups excluding carboxylic acids is 3. The van der Waals surface area contributed by atoms with Gasteiger partial charge in [-0.25, -0.2) is 9.37 Å². The van der Waals surface area contributed by atoms with Crippen LogP contribution in [0.3, 0.4) is 0 Å². The van der Waals surface area contributed by atoms with Gasteiger partial charge in [-0.05, 0) is 66.7 Å². The minimum atomic E-state index is -1.87. The van der Waals surface area contributed by atoms with Crippen molar-refractivity contribution in [2.45, 2.75) is 97.4 Å². The van der Waals surface area contributed by atoms with Gasteiger partial charge in [0.1, 0.15) is 12.1 Å². The van der Waals surface area contributed by atoms with Crippen LogP contribution >= 0.6 is 11.3 Å². The highest BCUT2D eigenvalue weighted by molar-refractivity contribution is 7.13. The standard InChI is InChI=1S/C29H39FN4O3S/c1-17(2)21-14-19(23-18(3)32-16-38-23)9-10-20(21)15-31-25(35)22-8-7-13-34(22)26(36)24(28(4,5)6)33-27(37)29(30)11-12-29/h9-10,14,16-17,22,24H,7-8,11-13,15H2,1-6H3,(H,31,35)(H,33,37)/t22-,24+/m0/s1. The van der Waals surface area contributed by atoms with Gasteiger partial charge in [-0.3, -0.25) is 14.4 Å². The summed E-state index contributed by atoms with van der Waals surface area (Å²) in [4.78, 5) is 46.4. The lowest BCUT2D eigenvalue weighted by Gasteiger charge is -2.35. The molecule has 2 heterocycles. The van der Waals surface area contributed by atoms with E-state index in [4.69, 9.17) is 0 Å². The maximum absolute atomic E-state index is 14.4. The largest absolute Gasteiger partial charge is 0.350 e. The molecular formula is C29H39FN4O3S. The van der Waals surface area contributed by atoms with E-state index in [1.165, 1.54) is 0 Å². The molecule has 0 spiro atoms. The number of hydrogen-bond donors (Lipinski definition) is 2. The van der Waals surface area contributed by atoms with Gasteiger partial charge in [0.25, 0.3) is 5.91 Å². The molecule has 1 aliphatic heterocycles. The number of hydrogen-bond acceptors (Lipinski definition) is 5. The highest BCUT2D eigenvalue weighted by atomic mass is 32.1. The van der Waals surface area contributed by atoms with E-state index >= 15 is 0 Å². The molecule has 206 valence electrons. The smallest absolute Gasteiger partial charge is 0.258 e. The first kappa shape index (κ1) is 28.2. The first-order valence-corrected chi connectivity index (χ1v) is 14.3. The van der Waals surface area contributed by atoms with Gasteiger partial charge >= 0.3 is 0 Å². The predicted octanol–water partition coefficient (Wildman–Crippen LogP) is 4.88. The molecule has 3 amide bonds. The number of halogens is 1. The zero-order valence-electron chi connectivity index (χ0n) is 23.2. The number of aryl methyl sites for hydroxylation is 1. The molecule has 2 aliphatic rings. The topological polar surface area (TPSA) is 91.4 Å². The number of likely N-dealkylation sites (tertiary alicyclic amines) is 1. The van der Waals surface area contributed by atoms with E-state index in [2.05, 4.69) is 47.7 Å². The molecule has 1 aromatic carbocycles. The fourth-order valence-electron chi connectivity index (χ4n) is 5.03. The zero-order chi connectivity index (χ0) is 27.8. The third-order valence-electron chi connectivity index (χ3n) is 7.55. The first-order valence-electron chi connectivity index (χ1n) is 13.4. The summed E-state index contributed by atoms with van der Waals surface area (Å²) in [5, 5.41) is 5.70. The summed E-state index contributed by atoms with van der Waals surface area (Å²) >= 11 is 1.61. The number of rotatable bonds is 8. The third-order valence-corrected chi connectivity index (χ3v) is 8.53. The number of nitrogens with zero attached hydrogens (tertiary/aromatic N) is 2. The lowest BCUT2D eigenvalue weighted by molar-refractivity contribution is -0.144. The molecule has 1 saturated carbocycles. The van der Waals surface area contributed by atoms with Crippen LogP contribution in [0, 0.1) is 12.3 Å². The van der Waals surface area contributed by atoms with Crippen LogP contribution in [0.2, 0.25) is 0 Å². The Morgan fingerprint density at radius 2 is 1.95 bits per heavy atom. The van der Waals surface area contributed by atoms with Crippen molar-refractivity contribution in [1.82, 2.24) is 20.5 Å². The summed E-state index contributed by atoms with van der Waals surface area (Å²) in [5.74, 6) is -1.01. The van der Waals surface area contributed by atoms with Crippen molar-refractivity contribution in [2.24, 2.45) is 5.41 Å². The minimum absolute atomic E-state index is 0.182. The number of benzene rings is 1. The summed E-state index contributed by atoms with van der Waals surface area (Å²) in [6.07, 6.45) is 1.61. The van der Waals surface area contributed by atoms with Gasteiger partial charge in [0.2, 0.25) is 11.8 Å². The van der Waals surface area contributed by atoms with Crippen molar-refractivity contribution in [3.05, 3.63) is 40.5 Å². The SMILES string of the molecule is Cc1ncsc1-c1ccc(CNC(=O)[C@@H]2CCCN2C(=O)[C@@H](NC(=O)C2(F)CC2)C(C)(C)C)c(C(C)C)c1. The molecule has 0 radical (unpaired) electrons. The molecule has 9 heteroatoms. The highest BCUT2D eigenvalue weighted by Crippen LogP contribution is 2.40. The fourth-order valence-corrected chi connectivity index (χ4v) is 5.83. The fraction of sp³-hybridized carbons (Fsp3) is 0.586. The van der Waals surface area contributed by atoms with Gasteiger partial charge in [-0.2, -0.15) is 0 Å². The van der Waals surface area contributed by atoms with Gasteiger partial charge < -0.3 is 15.5 Å². The van der Waals surface area contributed by atoms with Crippen LogP contribution in [0.5, 0.6) is 0 Å². The second-order valence-corrected chi connectivity index (χ2v) is 12.8. The molecule has 2 N–H and O–H groups in total. The Morgan fingerprint density at radius 1 is 1.24 bits per heavy atom. The van der Waals surface area contributed by atoms with Crippen LogP contribution < -0.4 is 10.6 Å². The van der Waals surface area contributed by atoms with Crippen molar-refractivity contribution in [1.29, 1.82) is 0 Å². The van der Waals surface area contributed by atoms with E-state index in [0.29, 0.717) is 25.9 Å². The number of nitrogens with one attached hydrogen (secondary N) is 2. The molecule has 1 aromatic heterocycles. The summed E-state index contributed by atoms with van der Waals surface area (Å²) < 4.78 is 14.4. The number of aromatic nitrogens is 1. The molecule has 0 bridgehead atoms. The number of carbonyl (C=O) groups is 3. The van der Waals surface area contributed by atoms with Gasteiger partial charge in [-0.1, -0.05) is 46.8 Å². The quantitative estimate of drug-likeness (QED) is 0.497. The Bertz CT molecular complexity index is 1210. The van der Waals surface area contributed by atoms with Gasteiger partial charge in [0.15, 0.2) is 5.67 Å². The Balaban J connectivity index is 1.46. The van der Waals surface area contributed by atoms with Crippen LogP contribution in [0.4, 0.5) is 4.39 Å². The van der Waals surface area contributed by atoms with Gasteiger partial charge in [0.05, 0.1) is 16.1 Å². The van der Waals surface area contributed by atoms with Crippen LogP contribution in [0.15, 0.2) is 23.7 Å². The second-order valence-electron chi connectivity index (χ2n) is 12.0. The van der Waals surface area contributed by atoms with E-state index in [-0.39, 0.29) is 30.6 Å².